The lowest BCUT2D eigenvalue weighted by Gasteiger charge is -2.20. The summed E-state index contributed by atoms with van der Waals surface area (Å²) in [5, 5.41) is 1.06. The molecule has 2 aromatic rings. The lowest BCUT2D eigenvalue weighted by Crippen LogP contribution is -2.23. The predicted octanol–water partition coefficient (Wildman–Crippen LogP) is 3.80. The van der Waals surface area contributed by atoms with Gasteiger partial charge in [-0.2, -0.15) is 0 Å². The highest BCUT2D eigenvalue weighted by molar-refractivity contribution is 6.10. The van der Waals surface area contributed by atoms with E-state index in [1.165, 1.54) is 0 Å². The zero-order chi connectivity index (χ0) is 12.6. The molecule has 0 atom stereocenters. The Labute approximate surface area is 102 Å². The first-order valence-corrected chi connectivity index (χ1v) is 6.06. The summed E-state index contributed by atoms with van der Waals surface area (Å²) < 4.78 is 2.02. The van der Waals surface area contributed by atoms with Gasteiger partial charge in [0.1, 0.15) is 0 Å². The summed E-state index contributed by atoms with van der Waals surface area (Å²) in [5.74, 6) is 0.233. The summed E-state index contributed by atoms with van der Waals surface area (Å²) >= 11 is 0. The molecule has 0 unspecified atom stereocenters. The Morgan fingerprint density at radius 3 is 2.59 bits per heavy atom. The minimum atomic E-state index is -0.288. The normalized spacial score (nSPS) is 12.0. The van der Waals surface area contributed by atoms with Crippen LogP contribution in [-0.4, -0.2) is 10.4 Å². The van der Waals surface area contributed by atoms with Crippen LogP contribution in [0.25, 0.3) is 10.9 Å². The fourth-order valence-corrected chi connectivity index (χ4v) is 2.05. The third-order valence-corrected chi connectivity index (χ3v) is 3.64. The number of hydrogen-bond acceptors (Lipinski definition) is 1. The molecular weight excluding hydrogens is 210 g/mol. The Kier molecular flexibility index (Phi) is 2.82. The molecule has 90 valence electrons. The van der Waals surface area contributed by atoms with Crippen molar-refractivity contribution in [3.05, 3.63) is 36.0 Å². The maximum absolute atomic E-state index is 12.5. The number of benzene rings is 1. The highest BCUT2D eigenvalue weighted by atomic mass is 16.1. The first-order chi connectivity index (χ1) is 7.97. The highest BCUT2D eigenvalue weighted by Crippen LogP contribution is 2.30. The molecular formula is C15H19NO. The van der Waals surface area contributed by atoms with Gasteiger partial charge >= 0.3 is 0 Å². The van der Waals surface area contributed by atoms with Crippen LogP contribution < -0.4 is 0 Å². The molecule has 2 nitrogen and oxygen atoms in total. The molecule has 0 amide bonds. The number of Topliss-reactive ketones (excluding diaryl/α,β-unsaturated/α-hetero) is 1. The summed E-state index contributed by atoms with van der Waals surface area (Å²) in [4.78, 5) is 12.5. The van der Waals surface area contributed by atoms with E-state index in [0.717, 1.165) is 22.9 Å². The van der Waals surface area contributed by atoms with E-state index in [4.69, 9.17) is 0 Å². The maximum atomic E-state index is 12.5. The summed E-state index contributed by atoms with van der Waals surface area (Å²) in [6.45, 7) is 6.08. The molecule has 0 radical (unpaired) electrons. The van der Waals surface area contributed by atoms with Gasteiger partial charge in [-0.3, -0.25) is 4.79 Å². The van der Waals surface area contributed by atoms with E-state index in [9.17, 15) is 4.79 Å². The van der Waals surface area contributed by atoms with Gasteiger partial charge < -0.3 is 4.57 Å². The van der Waals surface area contributed by atoms with Crippen LogP contribution in [0.15, 0.2) is 30.5 Å². The van der Waals surface area contributed by atoms with Crippen molar-refractivity contribution in [2.24, 2.45) is 12.5 Å². The Balaban J connectivity index is 2.61. The molecule has 0 fully saturated rings. The summed E-state index contributed by atoms with van der Waals surface area (Å²) in [5.41, 5.74) is 1.67. The molecule has 0 bridgehead atoms. The van der Waals surface area contributed by atoms with Gasteiger partial charge in [0, 0.05) is 35.1 Å². The largest absolute Gasteiger partial charge is 0.350 e. The molecule has 0 N–H and O–H groups in total. The summed E-state index contributed by atoms with van der Waals surface area (Å²) in [6.07, 6.45) is 2.81. The van der Waals surface area contributed by atoms with Crippen LogP contribution in [0.2, 0.25) is 0 Å². The van der Waals surface area contributed by atoms with Gasteiger partial charge in [-0.25, -0.2) is 0 Å². The van der Waals surface area contributed by atoms with Crippen LogP contribution in [0, 0.1) is 5.41 Å². The van der Waals surface area contributed by atoms with Crippen LogP contribution in [0.4, 0.5) is 0 Å². The van der Waals surface area contributed by atoms with E-state index in [1.807, 2.05) is 55.9 Å². The summed E-state index contributed by atoms with van der Waals surface area (Å²) in [7, 11) is 1.98. The molecule has 0 spiro atoms. The fourth-order valence-electron chi connectivity index (χ4n) is 2.05. The number of aryl methyl sites for hydroxylation is 1. The van der Waals surface area contributed by atoms with Gasteiger partial charge in [0.05, 0.1) is 0 Å². The van der Waals surface area contributed by atoms with Crippen molar-refractivity contribution in [2.75, 3.05) is 0 Å². The van der Waals surface area contributed by atoms with Crippen molar-refractivity contribution >= 4 is 16.7 Å². The predicted molar refractivity (Wildman–Crippen MR) is 71.3 cm³/mol. The molecule has 0 aliphatic rings. The van der Waals surface area contributed by atoms with E-state index >= 15 is 0 Å². The van der Waals surface area contributed by atoms with Gasteiger partial charge in [-0.15, -0.1) is 0 Å². The van der Waals surface area contributed by atoms with Crippen LogP contribution in [-0.2, 0) is 7.05 Å². The van der Waals surface area contributed by atoms with Crippen molar-refractivity contribution in [2.45, 2.75) is 27.2 Å². The van der Waals surface area contributed by atoms with Crippen LogP contribution in [0.1, 0.15) is 37.6 Å². The maximum Gasteiger partial charge on any atom is 0.170 e. The second kappa shape index (κ2) is 4.02. The molecule has 0 aliphatic carbocycles. The van der Waals surface area contributed by atoms with E-state index in [1.54, 1.807) is 0 Å². The van der Waals surface area contributed by atoms with Gasteiger partial charge in [0.25, 0.3) is 0 Å². The fraction of sp³-hybridized carbons (Fsp3) is 0.400. The van der Waals surface area contributed by atoms with Crippen LogP contribution in [0.3, 0.4) is 0 Å². The van der Waals surface area contributed by atoms with E-state index in [-0.39, 0.29) is 11.2 Å². The molecule has 2 rings (SSSR count). The van der Waals surface area contributed by atoms with E-state index in [2.05, 4.69) is 6.92 Å². The van der Waals surface area contributed by atoms with Crippen LogP contribution >= 0.6 is 0 Å². The molecule has 0 saturated heterocycles. The van der Waals surface area contributed by atoms with Crippen molar-refractivity contribution in [3.63, 3.8) is 0 Å². The SMILES string of the molecule is CCC(C)(C)C(=O)c1cn(C)c2ccccc12. The van der Waals surface area contributed by atoms with Crippen molar-refractivity contribution in [1.82, 2.24) is 4.57 Å². The van der Waals surface area contributed by atoms with Gasteiger partial charge in [0.2, 0.25) is 0 Å². The van der Waals surface area contributed by atoms with Crippen molar-refractivity contribution in [3.8, 4) is 0 Å². The first kappa shape index (κ1) is 11.9. The minimum Gasteiger partial charge on any atom is -0.350 e. The minimum absolute atomic E-state index is 0.233. The highest BCUT2D eigenvalue weighted by Gasteiger charge is 2.28. The van der Waals surface area contributed by atoms with Crippen molar-refractivity contribution in [1.29, 1.82) is 0 Å². The van der Waals surface area contributed by atoms with E-state index < -0.39 is 0 Å². The van der Waals surface area contributed by atoms with Gasteiger partial charge in [-0.1, -0.05) is 39.0 Å². The lowest BCUT2D eigenvalue weighted by atomic mass is 9.82. The van der Waals surface area contributed by atoms with Gasteiger partial charge in [-0.05, 0) is 12.5 Å². The Bertz CT molecular complexity index is 563. The first-order valence-electron chi connectivity index (χ1n) is 6.06. The Morgan fingerprint density at radius 1 is 1.29 bits per heavy atom. The third kappa shape index (κ3) is 1.88. The monoisotopic (exact) mass is 229 g/mol. The molecule has 0 aliphatic heterocycles. The third-order valence-electron chi connectivity index (χ3n) is 3.64. The number of ketones is 1. The molecule has 17 heavy (non-hydrogen) atoms. The quantitative estimate of drug-likeness (QED) is 0.734. The Morgan fingerprint density at radius 2 is 1.94 bits per heavy atom. The van der Waals surface area contributed by atoms with Crippen molar-refractivity contribution < 1.29 is 4.79 Å². The number of nitrogens with zero attached hydrogens (tertiary/aromatic N) is 1. The average Bonchev–Trinajstić information content (AvgIpc) is 2.66. The standard InChI is InChI=1S/C15H19NO/c1-5-15(2,3)14(17)12-10-16(4)13-9-7-6-8-11(12)13/h6-10H,5H2,1-4H3. The number of hydrogen-bond donors (Lipinski definition) is 0. The average molecular weight is 229 g/mol. The second-order valence-corrected chi connectivity index (χ2v) is 5.24. The molecule has 1 aromatic heterocycles. The number of rotatable bonds is 3. The number of carbonyl (C=O) groups is 1. The molecule has 2 heteroatoms. The molecule has 0 saturated carbocycles. The zero-order valence-corrected chi connectivity index (χ0v) is 10.9. The Hall–Kier alpha value is -1.57. The summed E-state index contributed by atoms with van der Waals surface area (Å²) in [6, 6.07) is 8.05. The van der Waals surface area contributed by atoms with Crippen LogP contribution in [0.5, 0.6) is 0 Å². The number of aromatic nitrogens is 1. The zero-order valence-electron chi connectivity index (χ0n) is 10.9. The van der Waals surface area contributed by atoms with Gasteiger partial charge in [0.15, 0.2) is 5.78 Å². The smallest absolute Gasteiger partial charge is 0.170 e. The second-order valence-electron chi connectivity index (χ2n) is 5.24. The van der Waals surface area contributed by atoms with E-state index in [0.29, 0.717) is 0 Å². The molecule has 1 aromatic carbocycles. The molecule has 1 heterocycles. The topological polar surface area (TPSA) is 22.0 Å². The lowest BCUT2D eigenvalue weighted by molar-refractivity contribution is 0.0834. The number of carbonyl (C=O) groups excluding carboxylic acids is 1. The number of para-hydroxylation sites is 1. The number of fused-ring (bicyclic) bond motifs is 1.